The molecule has 0 N–H and O–H groups in total. The normalized spacial score (nSPS) is 11.2. The molecule has 0 bridgehead atoms. The van der Waals surface area contributed by atoms with E-state index in [9.17, 15) is 9.59 Å². The highest BCUT2D eigenvalue weighted by Gasteiger charge is 2.16. The van der Waals surface area contributed by atoms with Gasteiger partial charge in [0.25, 0.3) is 5.56 Å². The number of halogens is 2. The van der Waals surface area contributed by atoms with Gasteiger partial charge in [-0.05, 0) is 30.2 Å². The molecular formula is C17H15Cl2N3O2S. The van der Waals surface area contributed by atoms with Crippen LogP contribution in [0.5, 0.6) is 0 Å². The molecule has 2 heterocycles. The maximum atomic E-state index is 12.6. The Labute approximate surface area is 158 Å². The number of aromatic nitrogens is 3. The molecule has 8 heteroatoms. The summed E-state index contributed by atoms with van der Waals surface area (Å²) in [5.41, 5.74) is 1.52. The van der Waals surface area contributed by atoms with E-state index in [2.05, 4.69) is 4.98 Å². The minimum Gasteiger partial charge on any atom is -0.280 e. The van der Waals surface area contributed by atoms with Crippen LogP contribution in [-0.2, 0) is 19.8 Å². The lowest BCUT2D eigenvalue weighted by Crippen LogP contribution is -2.37. The fourth-order valence-electron chi connectivity index (χ4n) is 2.57. The van der Waals surface area contributed by atoms with Gasteiger partial charge in [-0.2, -0.15) is 0 Å². The number of aryl methyl sites for hydroxylation is 2. The van der Waals surface area contributed by atoms with Crippen molar-refractivity contribution in [2.75, 3.05) is 0 Å². The molecule has 25 heavy (non-hydrogen) atoms. The van der Waals surface area contributed by atoms with Crippen molar-refractivity contribution in [3.63, 3.8) is 0 Å². The quantitative estimate of drug-likeness (QED) is 0.636. The highest BCUT2D eigenvalue weighted by Crippen LogP contribution is 2.32. The molecule has 0 spiro atoms. The molecule has 0 unspecified atom stereocenters. The monoisotopic (exact) mass is 395 g/mol. The number of nitrogens with zero attached hydrogens (tertiary/aromatic N) is 3. The fourth-order valence-corrected chi connectivity index (χ4v) is 3.98. The first-order chi connectivity index (χ1) is 11.8. The Hall–Kier alpha value is -1.76. The molecule has 3 aromatic rings. The van der Waals surface area contributed by atoms with Gasteiger partial charge >= 0.3 is 5.69 Å². The van der Waals surface area contributed by atoms with Crippen molar-refractivity contribution in [3.8, 4) is 0 Å². The standard InChI is InChI=1S/C17H15Cl2N3O2S/c1-9-7-20-15-13(16(23)22(3)17(24)21(15)2)14(9)25-8-10-4-5-11(18)12(19)6-10/h4-7H,8H2,1-3H3. The van der Waals surface area contributed by atoms with Crippen LogP contribution >= 0.6 is 35.0 Å². The van der Waals surface area contributed by atoms with Crippen molar-refractivity contribution in [1.82, 2.24) is 14.1 Å². The summed E-state index contributed by atoms with van der Waals surface area (Å²) in [6, 6.07) is 5.46. The second kappa shape index (κ2) is 6.86. The lowest BCUT2D eigenvalue weighted by Gasteiger charge is -2.12. The fraction of sp³-hybridized carbons (Fsp3) is 0.235. The van der Waals surface area contributed by atoms with E-state index in [1.807, 2.05) is 19.1 Å². The maximum Gasteiger partial charge on any atom is 0.332 e. The highest BCUT2D eigenvalue weighted by molar-refractivity contribution is 7.98. The number of thioether (sulfide) groups is 1. The summed E-state index contributed by atoms with van der Waals surface area (Å²) >= 11 is 13.5. The van der Waals surface area contributed by atoms with E-state index < -0.39 is 5.69 Å². The third-order valence-electron chi connectivity index (χ3n) is 3.97. The molecule has 0 aliphatic carbocycles. The SMILES string of the molecule is Cc1cnc2c(c1SCc1ccc(Cl)c(Cl)c1)c(=O)n(C)c(=O)n2C. The Morgan fingerprint density at radius 3 is 2.52 bits per heavy atom. The molecule has 5 nitrogen and oxygen atoms in total. The Kier molecular flexibility index (Phi) is 4.95. The summed E-state index contributed by atoms with van der Waals surface area (Å²) in [6.07, 6.45) is 1.68. The zero-order valence-electron chi connectivity index (χ0n) is 13.8. The molecule has 0 atom stereocenters. The van der Waals surface area contributed by atoms with Crippen molar-refractivity contribution < 1.29 is 0 Å². The van der Waals surface area contributed by atoms with E-state index in [1.54, 1.807) is 19.3 Å². The molecule has 2 aromatic heterocycles. The number of hydrogen-bond donors (Lipinski definition) is 0. The van der Waals surface area contributed by atoms with E-state index in [0.29, 0.717) is 26.8 Å². The lowest BCUT2D eigenvalue weighted by molar-refractivity contribution is 0.705. The predicted octanol–water partition coefficient (Wildman–Crippen LogP) is 3.54. The Morgan fingerprint density at radius 1 is 1.12 bits per heavy atom. The van der Waals surface area contributed by atoms with E-state index in [1.165, 1.54) is 23.4 Å². The molecule has 0 aliphatic heterocycles. The molecule has 0 aliphatic rings. The number of rotatable bonds is 3. The summed E-state index contributed by atoms with van der Waals surface area (Å²) in [6.45, 7) is 1.90. The molecule has 0 fully saturated rings. The van der Waals surface area contributed by atoms with Gasteiger partial charge in [-0.25, -0.2) is 9.78 Å². The van der Waals surface area contributed by atoms with Gasteiger partial charge in [-0.1, -0.05) is 29.3 Å². The van der Waals surface area contributed by atoms with E-state index in [-0.39, 0.29) is 5.56 Å². The largest absolute Gasteiger partial charge is 0.332 e. The topological polar surface area (TPSA) is 56.9 Å². The Bertz CT molecular complexity index is 1110. The number of hydrogen-bond acceptors (Lipinski definition) is 4. The van der Waals surface area contributed by atoms with Crippen LogP contribution in [0.25, 0.3) is 11.0 Å². The Morgan fingerprint density at radius 2 is 1.84 bits per heavy atom. The average molecular weight is 396 g/mol. The third kappa shape index (κ3) is 3.21. The summed E-state index contributed by atoms with van der Waals surface area (Å²) in [7, 11) is 3.08. The van der Waals surface area contributed by atoms with Crippen molar-refractivity contribution in [2.45, 2.75) is 17.6 Å². The van der Waals surface area contributed by atoms with Crippen LogP contribution in [0.4, 0.5) is 0 Å². The van der Waals surface area contributed by atoms with Gasteiger partial charge < -0.3 is 0 Å². The van der Waals surface area contributed by atoms with E-state index >= 15 is 0 Å². The molecule has 0 radical (unpaired) electrons. The molecule has 130 valence electrons. The number of pyridine rings is 1. The zero-order chi connectivity index (χ0) is 18.3. The van der Waals surface area contributed by atoms with Crippen LogP contribution in [0.1, 0.15) is 11.1 Å². The molecule has 0 amide bonds. The van der Waals surface area contributed by atoms with Gasteiger partial charge in [-0.15, -0.1) is 11.8 Å². The second-order valence-electron chi connectivity index (χ2n) is 5.71. The average Bonchev–Trinajstić information content (AvgIpc) is 2.59. The first-order valence-corrected chi connectivity index (χ1v) is 9.17. The van der Waals surface area contributed by atoms with E-state index in [0.717, 1.165) is 20.6 Å². The van der Waals surface area contributed by atoms with Crippen LogP contribution in [-0.4, -0.2) is 14.1 Å². The summed E-state index contributed by atoms with van der Waals surface area (Å²) in [5, 5.41) is 1.45. The molecule has 1 aromatic carbocycles. The van der Waals surface area contributed by atoms with Crippen LogP contribution in [0.15, 0.2) is 38.9 Å². The van der Waals surface area contributed by atoms with Crippen LogP contribution < -0.4 is 11.2 Å². The van der Waals surface area contributed by atoms with Crippen LogP contribution in [0.2, 0.25) is 10.0 Å². The van der Waals surface area contributed by atoms with Crippen molar-refractivity contribution in [1.29, 1.82) is 0 Å². The third-order valence-corrected chi connectivity index (χ3v) is 6.00. The number of fused-ring (bicyclic) bond motifs is 1. The highest BCUT2D eigenvalue weighted by atomic mass is 35.5. The van der Waals surface area contributed by atoms with Gasteiger partial charge in [-0.3, -0.25) is 13.9 Å². The predicted molar refractivity (Wildman–Crippen MR) is 103 cm³/mol. The Balaban J connectivity index is 2.12. The van der Waals surface area contributed by atoms with Crippen molar-refractivity contribution in [3.05, 3.63) is 66.4 Å². The number of benzene rings is 1. The summed E-state index contributed by atoms with van der Waals surface area (Å²) in [4.78, 5) is 29.8. The lowest BCUT2D eigenvalue weighted by atomic mass is 10.2. The first-order valence-electron chi connectivity index (χ1n) is 7.43. The zero-order valence-corrected chi connectivity index (χ0v) is 16.2. The van der Waals surface area contributed by atoms with Crippen LogP contribution in [0.3, 0.4) is 0 Å². The van der Waals surface area contributed by atoms with Crippen molar-refractivity contribution >= 4 is 46.0 Å². The minimum atomic E-state index is -0.394. The first kappa shape index (κ1) is 18.0. The summed E-state index contributed by atoms with van der Waals surface area (Å²) < 4.78 is 2.49. The molecule has 0 saturated carbocycles. The van der Waals surface area contributed by atoms with Crippen molar-refractivity contribution in [2.24, 2.45) is 14.1 Å². The van der Waals surface area contributed by atoms with Gasteiger partial charge in [0.2, 0.25) is 0 Å². The molecule has 3 rings (SSSR count). The van der Waals surface area contributed by atoms with Crippen LogP contribution in [0, 0.1) is 6.92 Å². The van der Waals surface area contributed by atoms with Gasteiger partial charge in [0, 0.05) is 30.9 Å². The molecule has 0 saturated heterocycles. The minimum absolute atomic E-state index is 0.342. The summed E-state index contributed by atoms with van der Waals surface area (Å²) in [5.74, 6) is 0.614. The van der Waals surface area contributed by atoms with E-state index in [4.69, 9.17) is 23.2 Å². The van der Waals surface area contributed by atoms with Gasteiger partial charge in [0.1, 0.15) is 5.65 Å². The second-order valence-corrected chi connectivity index (χ2v) is 7.51. The maximum absolute atomic E-state index is 12.6. The van der Waals surface area contributed by atoms with Gasteiger partial charge in [0.15, 0.2) is 0 Å². The smallest absolute Gasteiger partial charge is 0.280 e. The molecular weight excluding hydrogens is 381 g/mol. The van der Waals surface area contributed by atoms with Gasteiger partial charge in [0.05, 0.1) is 15.4 Å².